The van der Waals surface area contributed by atoms with Crippen molar-refractivity contribution in [2.24, 2.45) is 0 Å². The number of halogens is 1. The Labute approximate surface area is 112 Å². The Morgan fingerprint density at radius 2 is 1.89 bits per heavy atom. The van der Waals surface area contributed by atoms with Gasteiger partial charge in [0.1, 0.15) is 5.82 Å². The van der Waals surface area contributed by atoms with E-state index in [1.807, 2.05) is 6.92 Å². The molecule has 0 saturated carbocycles. The van der Waals surface area contributed by atoms with Crippen LogP contribution in [-0.2, 0) is 14.8 Å². The maximum atomic E-state index is 12.7. The second-order valence-electron chi connectivity index (χ2n) is 4.15. The Kier molecular flexibility index (Phi) is 5.44. The second kappa shape index (κ2) is 6.63. The van der Waals surface area contributed by atoms with Gasteiger partial charge < -0.3 is 5.32 Å². The molecule has 5 nitrogen and oxygen atoms in total. The smallest absolute Gasteiger partial charge is 0.239 e. The molecule has 0 fully saturated rings. The van der Waals surface area contributed by atoms with Gasteiger partial charge in [0.15, 0.2) is 0 Å². The van der Waals surface area contributed by atoms with Crippen LogP contribution in [0.25, 0.3) is 0 Å². The SMILES string of the molecule is CCCN(CC(=O)Nc1ccc(F)cc1)S(C)(=O)=O. The third-order valence-electron chi connectivity index (χ3n) is 2.39. The van der Waals surface area contributed by atoms with E-state index in [1.165, 1.54) is 24.3 Å². The highest BCUT2D eigenvalue weighted by Crippen LogP contribution is 2.08. The lowest BCUT2D eigenvalue weighted by Gasteiger charge is -2.18. The Morgan fingerprint density at radius 1 is 1.32 bits per heavy atom. The number of carbonyl (C=O) groups is 1. The van der Waals surface area contributed by atoms with E-state index in [0.717, 1.165) is 10.6 Å². The number of anilines is 1. The zero-order chi connectivity index (χ0) is 14.5. The lowest BCUT2D eigenvalue weighted by atomic mass is 10.3. The van der Waals surface area contributed by atoms with Crippen LogP contribution in [0, 0.1) is 5.82 Å². The van der Waals surface area contributed by atoms with Gasteiger partial charge in [-0.15, -0.1) is 0 Å². The van der Waals surface area contributed by atoms with Crippen LogP contribution in [0.3, 0.4) is 0 Å². The van der Waals surface area contributed by atoms with Crippen molar-refractivity contribution in [3.8, 4) is 0 Å². The number of hydrogen-bond acceptors (Lipinski definition) is 3. The number of amides is 1. The van der Waals surface area contributed by atoms with Gasteiger partial charge in [0.05, 0.1) is 12.8 Å². The third-order valence-corrected chi connectivity index (χ3v) is 3.64. The van der Waals surface area contributed by atoms with E-state index in [-0.39, 0.29) is 13.1 Å². The number of benzene rings is 1. The van der Waals surface area contributed by atoms with Crippen LogP contribution in [0.1, 0.15) is 13.3 Å². The Morgan fingerprint density at radius 3 is 2.37 bits per heavy atom. The molecule has 0 spiro atoms. The first-order chi connectivity index (χ1) is 8.82. The molecule has 0 aliphatic heterocycles. The highest BCUT2D eigenvalue weighted by atomic mass is 32.2. The summed E-state index contributed by atoms with van der Waals surface area (Å²) in [5.41, 5.74) is 0.427. The number of rotatable bonds is 6. The van der Waals surface area contributed by atoms with Gasteiger partial charge in [-0.25, -0.2) is 12.8 Å². The number of nitrogens with zero attached hydrogens (tertiary/aromatic N) is 1. The summed E-state index contributed by atoms with van der Waals surface area (Å²) in [4.78, 5) is 11.7. The monoisotopic (exact) mass is 288 g/mol. The van der Waals surface area contributed by atoms with E-state index >= 15 is 0 Å². The van der Waals surface area contributed by atoms with Crippen molar-refractivity contribution in [2.75, 3.05) is 24.7 Å². The molecular formula is C12H17FN2O3S. The number of sulfonamides is 1. The predicted molar refractivity (Wildman–Crippen MR) is 71.7 cm³/mol. The van der Waals surface area contributed by atoms with Crippen LogP contribution in [-0.4, -0.2) is 38.0 Å². The van der Waals surface area contributed by atoms with Crippen molar-refractivity contribution in [1.29, 1.82) is 0 Å². The molecule has 0 atom stereocenters. The minimum atomic E-state index is -3.41. The summed E-state index contributed by atoms with van der Waals surface area (Å²) in [5.74, 6) is -0.854. The van der Waals surface area contributed by atoms with Gasteiger partial charge in [0, 0.05) is 12.2 Å². The molecule has 0 aromatic heterocycles. The van der Waals surface area contributed by atoms with Crippen molar-refractivity contribution >= 4 is 21.6 Å². The first-order valence-corrected chi connectivity index (χ1v) is 7.68. The maximum Gasteiger partial charge on any atom is 0.239 e. The van der Waals surface area contributed by atoms with E-state index in [2.05, 4.69) is 5.32 Å². The summed E-state index contributed by atoms with van der Waals surface area (Å²) < 4.78 is 36.7. The van der Waals surface area contributed by atoms with Crippen molar-refractivity contribution in [3.63, 3.8) is 0 Å². The lowest BCUT2D eigenvalue weighted by Crippen LogP contribution is -2.37. The first kappa shape index (κ1) is 15.6. The second-order valence-corrected chi connectivity index (χ2v) is 6.13. The molecule has 0 bridgehead atoms. The van der Waals surface area contributed by atoms with Crippen LogP contribution in [0.4, 0.5) is 10.1 Å². The number of hydrogen-bond donors (Lipinski definition) is 1. The molecule has 106 valence electrons. The van der Waals surface area contributed by atoms with Crippen molar-refractivity contribution in [3.05, 3.63) is 30.1 Å². The van der Waals surface area contributed by atoms with Crippen LogP contribution >= 0.6 is 0 Å². The molecule has 1 amide bonds. The van der Waals surface area contributed by atoms with Crippen LogP contribution in [0.15, 0.2) is 24.3 Å². The van der Waals surface area contributed by atoms with Crippen LogP contribution in [0.2, 0.25) is 0 Å². The number of carbonyl (C=O) groups excluding carboxylic acids is 1. The zero-order valence-corrected chi connectivity index (χ0v) is 11.7. The van der Waals surface area contributed by atoms with Gasteiger partial charge in [-0.2, -0.15) is 4.31 Å². The van der Waals surface area contributed by atoms with E-state index < -0.39 is 21.7 Å². The van der Waals surface area contributed by atoms with Crippen molar-refractivity contribution in [1.82, 2.24) is 4.31 Å². The van der Waals surface area contributed by atoms with Gasteiger partial charge in [-0.1, -0.05) is 6.92 Å². The molecule has 0 heterocycles. The summed E-state index contributed by atoms with van der Waals surface area (Å²) in [7, 11) is -3.41. The van der Waals surface area contributed by atoms with Crippen molar-refractivity contribution in [2.45, 2.75) is 13.3 Å². The minimum Gasteiger partial charge on any atom is -0.325 e. The van der Waals surface area contributed by atoms with Gasteiger partial charge in [-0.3, -0.25) is 4.79 Å². The predicted octanol–water partition coefficient (Wildman–Crippen LogP) is 1.44. The average molecular weight is 288 g/mol. The maximum absolute atomic E-state index is 12.7. The Hall–Kier alpha value is -1.47. The molecular weight excluding hydrogens is 271 g/mol. The normalized spacial score (nSPS) is 11.6. The molecule has 1 aromatic rings. The van der Waals surface area contributed by atoms with Crippen LogP contribution in [0.5, 0.6) is 0 Å². The highest BCUT2D eigenvalue weighted by Gasteiger charge is 2.19. The van der Waals surface area contributed by atoms with E-state index in [9.17, 15) is 17.6 Å². The molecule has 0 radical (unpaired) electrons. The zero-order valence-electron chi connectivity index (χ0n) is 10.9. The molecule has 7 heteroatoms. The van der Waals surface area contributed by atoms with E-state index in [0.29, 0.717) is 12.1 Å². The summed E-state index contributed by atoms with van der Waals surface area (Å²) in [5, 5.41) is 2.52. The molecule has 0 aliphatic rings. The molecule has 0 unspecified atom stereocenters. The largest absolute Gasteiger partial charge is 0.325 e. The topological polar surface area (TPSA) is 66.5 Å². The molecule has 1 N–H and O–H groups in total. The van der Waals surface area contributed by atoms with Gasteiger partial charge >= 0.3 is 0 Å². The van der Waals surface area contributed by atoms with Gasteiger partial charge in [0.2, 0.25) is 15.9 Å². The molecule has 0 saturated heterocycles. The average Bonchev–Trinajstić information content (AvgIpc) is 2.30. The minimum absolute atomic E-state index is 0.246. The van der Waals surface area contributed by atoms with Gasteiger partial charge in [0.25, 0.3) is 0 Å². The highest BCUT2D eigenvalue weighted by molar-refractivity contribution is 7.88. The summed E-state index contributed by atoms with van der Waals surface area (Å²) in [6, 6.07) is 5.27. The van der Waals surface area contributed by atoms with Crippen LogP contribution < -0.4 is 5.32 Å². The fourth-order valence-corrected chi connectivity index (χ4v) is 2.37. The van der Waals surface area contributed by atoms with E-state index in [1.54, 1.807) is 0 Å². The fraction of sp³-hybridized carbons (Fsp3) is 0.417. The van der Waals surface area contributed by atoms with Crippen molar-refractivity contribution < 1.29 is 17.6 Å². The Bertz CT molecular complexity index is 528. The standard InChI is InChI=1S/C12H17FN2O3S/c1-3-8-15(19(2,17)18)9-12(16)14-11-6-4-10(13)5-7-11/h4-7H,3,8-9H2,1-2H3,(H,14,16). The molecule has 1 rings (SSSR count). The third kappa shape index (κ3) is 5.35. The number of nitrogens with one attached hydrogen (secondary N) is 1. The quantitative estimate of drug-likeness (QED) is 0.861. The molecule has 19 heavy (non-hydrogen) atoms. The van der Waals surface area contributed by atoms with Gasteiger partial charge in [-0.05, 0) is 30.7 Å². The summed E-state index contributed by atoms with van der Waals surface area (Å²) in [6.07, 6.45) is 1.69. The first-order valence-electron chi connectivity index (χ1n) is 5.83. The summed E-state index contributed by atoms with van der Waals surface area (Å²) in [6.45, 7) is 1.87. The lowest BCUT2D eigenvalue weighted by molar-refractivity contribution is -0.116. The molecule has 1 aromatic carbocycles. The molecule has 0 aliphatic carbocycles. The summed E-state index contributed by atoms with van der Waals surface area (Å²) >= 11 is 0. The van der Waals surface area contributed by atoms with E-state index in [4.69, 9.17) is 0 Å². The fourth-order valence-electron chi connectivity index (χ4n) is 1.51. The Balaban J connectivity index is 2.65.